The second kappa shape index (κ2) is 7.43. The van der Waals surface area contributed by atoms with Gasteiger partial charge >= 0.3 is 0 Å². The summed E-state index contributed by atoms with van der Waals surface area (Å²) < 4.78 is 24.1. The highest BCUT2D eigenvalue weighted by Crippen LogP contribution is 2.38. The second-order valence-electron chi connectivity index (χ2n) is 6.72. The number of fused-ring (bicyclic) bond motifs is 2. The summed E-state index contributed by atoms with van der Waals surface area (Å²) in [6.45, 7) is 1.70. The minimum Gasteiger partial charge on any atom is -0.324 e. The number of benzene rings is 2. The lowest BCUT2D eigenvalue weighted by Crippen LogP contribution is -2.39. The standard InChI is InChI=1S/C19H17N3O4S3/c1-10(16-18(24)20-12-5-3-4-6-14(12)27-16)17(23)22-19-21-13-8-7-11(29(2,25)26)9-15(13)28-19/h3-10,16H,1-2H3,(H,20,24)(H,21,22,23). The largest absolute Gasteiger partial charge is 0.324 e. The number of carbonyl (C=O) groups is 2. The number of rotatable bonds is 4. The van der Waals surface area contributed by atoms with Crippen molar-refractivity contribution >= 4 is 65.8 Å². The number of nitrogens with zero attached hydrogens (tertiary/aromatic N) is 1. The van der Waals surface area contributed by atoms with E-state index < -0.39 is 21.0 Å². The number of nitrogens with one attached hydrogen (secondary N) is 2. The van der Waals surface area contributed by atoms with Crippen LogP contribution in [0, 0.1) is 5.92 Å². The molecule has 7 nitrogen and oxygen atoms in total. The van der Waals surface area contributed by atoms with Gasteiger partial charge in [0.05, 0.1) is 32.0 Å². The maximum atomic E-state index is 12.7. The zero-order chi connectivity index (χ0) is 20.8. The van der Waals surface area contributed by atoms with Crippen LogP contribution in [0.15, 0.2) is 52.3 Å². The van der Waals surface area contributed by atoms with E-state index in [2.05, 4.69) is 15.6 Å². The highest BCUT2D eigenvalue weighted by molar-refractivity contribution is 8.01. The quantitative estimate of drug-likeness (QED) is 0.635. The topological polar surface area (TPSA) is 105 Å². The van der Waals surface area contributed by atoms with Crippen LogP contribution in [-0.2, 0) is 19.4 Å². The SMILES string of the molecule is CC(C(=O)Nc1nc2ccc(S(C)(=O)=O)cc2s1)C1Sc2ccccc2NC1=O. The van der Waals surface area contributed by atoms with E-state index in [0.717, 1.165) is 16.8 Å². The first-order valence-electron chi connectivity index (χ1n) is 8.70. The number of carbonyl (C=O) groups excluding carboxylic acids is 2. The predicted molar refractivity (Wildman–Crippen MR) is 115 cm³/mol. The number of sulfone groups is 1. The number of hydrogen-bond donors (Lipinski definition) is 2. The third-order valence-electron chi connectivity index (χ3n) is 4.54. The fraction of sp³-hybridized carbons (Fsp3) is 0.211. The van der Waals surface area contributed by atoms with E-state index in [-0.39, 0.29) is 16.7 Å². The van der Waals surface area contributed by atoms with Gasteiger partial charge in [-0.2, -0.15) is 0 Å². The van der Waals surface area contributed by atoms with Gasteiger partial charge in [0.2, 0.25) is 11.8 Å². The first kappa shape index (κ1) is 19.9. The molecule has 150 valence electrons. The van der Waals surface area contributed by atoms with E-state index in [0.29, 0.717) is 15.3 Å². The summed E-state index contributed by atoms with van der Waals surface area (Å²) in [5.41, 5.74) is 1.35. The van der Waals surface area contributed by atoms with Gasteiger partial charge in [-0.3, -0.25) is 9.59 Å². The Hall–Kier alpha value is -2.43. The van der Waals surface area contributed by atoms with E-state index in [1.54, 1.807) is 19.1 Å². The van der Waals surface area contributed by atoms with Crippen molar-refractivity contribution in [1.82, 2.24) is 4.98 Å². The molecule has 0 spiro atoms. The maximum Gasteiger partial charge on any atom is 0.238 e. The number of hydrogen-bond acceptors (Lipinski definition) is 7. The Kier molecular flexibility index (Phi) is 5.09. The molecular formula is C19H17N3O4S3. The second-order valence-corrected chi connectivity index (χ2v) is 11.0. The van der Waals surface area contributed by atoms with Gasteiger partial charge in [0.25, 0.3) is 0 Å². The highest BCUT2D eigenvalue weighted by atomic mass is 32.2. The summed E-state index contributed by atoms with van der Waals surface area (Å²) in [6.07, 6.45) is 1.14. The van der Waals surface area contributed by atoms with E-state index in [4.69, 9.17) is 0 Å². The Morgan fingerprint density at radius 1 is 1.24 bits per heavy atom. The van der Waals surface area contributed by atoms with Gasteiger partial charge in [-0.05, 0) is 30.3 Å². The minimum atomic E-state index is -3.32. The van der Waals surface area contributed by atoms with Gasteiger partial charge < -0.3 is 10.6 Å². The first-order valence-corrected chi connectivity index (χ1v) is 12.3. The Labute approximate surface area is 175 Å². The number of amides is 2. The molecule has 29 heavy (non-hydrogen) atoms. The van der Waals surface area contributed by atoms with Crippen LogP contribution in [0.2, 0.25) is 0 Å². The van der Waals surface area contributed by atoms with Crippen LogP contribution < -0.4 is 10.6 Å². The molecule has 4 rings (SSSR count). The molecule has 10 heteroatoms. The number of para-hydroxylation sites is 1. The van der Waals surface area contributed by atoms with Crippen molar-refractivity contribution in [2.45, 2.75) is 22.0 Å². The van der Waals surface area contributed by atoms with Gasteiger partial charge in [0.1, 0.15) is 0 Å². The fourth-order valence-corrected chi connectivity index (χ4v) is 5.74. The van der Waals surface area contributed by atoms with Gasteiger partial charge in [0, 0.05) is 11.2 Å². The van der Waals surface area contributed by atoms with Crippen LogP contribution in [0.4, 0.5) is 10.8 Å². The van der Waals surface area contributed by atoms with Crippen molar-refractivity contribution in [3.63, 3.8) is 0 Å². The molecule has 0 aliphatic carbocycles. The lowest BCUT2D eigenvalue weighted by molar-refractivity contribution is -0.123. The van der Waals surface area contributed by atoms with Gasteiger partial charge in [-0.25, -0.2) is 13.4 Å². The molecular weight excluding hydrogens is 430 g/mol. The molecule has 2 atom stereocenters. The molecule has 2 aromatic carbocycles. The van der Waals surface area contributed by atoms with Crippen molar-refractivity contribution in [2.75, 3.05) is 16.9 Å². The molecule has 1 aromatic heterocycles. The van der Waals surface area contributed by atoms with Gasteiger partial charge in [0.15, 0.2) is 15.0 Å². The third-order valence-corrected chi connectivity index (χ3v) is 8.07. The smallest absolute Gasteiger partial charge is 0.238 e. The summed E-state index contributed by atoms with van der Waals surface area (Å²) in [4.78, 5) is 30.7. The zero-order valence-corrected chi connectivity index (χ0v) is 18.0. The summed E-state index contributed by atoms with van der Waals surface area (Å²) >= 11 is 2.56. The lowest BCUT2D eigenvalue weighted by Gasteiger charge is -2.27. The van der Waals surface area contributed by atoms with Crippen molar-refractivity contribution < 1.29 is 18.0 Å². The maximum absolute atomic E-state index is 12.7. The Balaban J connectivity index is 1.52. The normalized spacial score (nSPS) is 17.4. The first-order chi connectivity index (χ1) is 13.7. The van der Waals surface area contributed by atoms with E-state index in [9.17, 15) is 18.0 Å². The van der Waals surface area contributed by atoms with E-state index >= 15 is 0 Å². The average Bonchev–Trinajstić information content (AvgIpc) is 3.07. The van der Waals surface area contributed by atoms with Crippen LogP contribution >= 0.6 is 23.1 Å². The van der Waals surface area contributed by atoms with Crippen molar-refractivity contribution in [3.8, 4) is 0 Å². The number of thioether (sulfide) groups is 1. The summed E-state index contributed by atoms with van der Waals surface area (Å²) in [6, 6.07) is 12.1. The zero-order valence-electron chi connectivity index (χ0n) is 15.5. The van der Waals surface area contributed by atoms with Crippen LogP contribution in [-0.4, -0.2) is 36.7 Å². The van der Waals surface area contributed by atoms with Gasteiger partial charge in [-0.1, -0.05) is 30.4 Å². The summed E-state index contributed by atoms with van der Waals surface area (Å²) in [7, 11) is -3.32. The van der Waals surface area contributed by atoms with E-state index in [1.165, 1.54) is 29.2 Å². The molecule has 0 saturated carbocycles. The molecule has 0 saturated heterocycles. The highest BCUT2D eigenvalue weighted by Gasteiger charge is 2.35. The van der Waals surface area contributed by atoms with Crippen molar-refractivity contribution in [3.05, 3.63) is 42.5 Å². The molecule has 3 aromatic rings. The third kappa shape index (κ3) is 4.00. The molecule has 0 radical (unpaired) electrons. The van der Waals surface area contributed by atoms with Crippen LogP contribution in [0.3, 0.4) is 0 Å². The fourth-order valence-electron chi connectivity index (χ4n) is 2.94. The lowest BCUT2D eigenvalue weighted by atomic mass is 10.1. The number of anilines is 2. The number of aromatic nitrogens is 1. The van der Waals surface area contributed by atoms with Crippen LogP contribution in [0.5, 0.6) is 0 Å². The number of thiazole rings is 1. The predicted octanol–water partition coefficient (Wildman–Crippen LogP) is 3.39. The molecule has 1 aliphatic heterocycles. The minimum absolute atomic E-state index is 0.203. The van der Waals surface area contributed by atoms with E-state index in [1.807, 2.05) is 24.3 Å². The molecule has 2 unspecified atom stereocenters. The average molecular weight is 448 g/mol. The summed E-state index contributed by atoms with van der Waals surface area (Å²) in [5, 5.41) is 5.40. The summed E-state index contributed by atoms with van der Waals surface area (Å²) in [5.74, 6) is -1.12. The molecule has 2 heterocycles. The van der Waals surface area contributed by atoms with Crippen molar-refractivity contribution in [1.29, 1.82) is 0 Å². The molecule has 2 amide bonds. The van der Waals surface area contributed by atoms with Crippen molar-refractivity contribution in [2.24, 2.45) is 5.92 Å². The Morgan fingerprint density at radius 2 is 2.00 bits per heavy atom. The van der Waals surface area contributed by atoms with Crippen LogP contribution in [0.25, 0.3) is 10.2 Å². The molecule has 1 aliphatic rings. The monoisotopic (exact) mass is 447 g/mol. The van der Waals surface area contributed by atoms with Crippen LogP contribution in [0.1, 0.15) is 6.92 Å². The van der Waals surface area contributed by atoms with Gasteiger partial charge in [-0.15, -0.1) is 11.8 Å². The molecule has 2 N–H and O–H groups in total. The molecule has 0 fully saturated rings. The molecule has 0 bridgehead atoms. The Bertz CT molecular complexity index is 1240. The Morgan fingerprint density at radius 3 is 2.76 bits per heavy atom.